The van der Waals surface area contributed by atoms with Crippen LogP contribution in [0.5, 0.6) is 0 Å². The molecule has 1 atom stereocenters. The van der Waals surface area contributed by atoms with E-state index in [9.17, 15) is 0 Å². The average Bonchev–Trinajstić information content (AvgIpc) is 2.71. The zero-order chi connectivity index (χ0) is 6.10. The Hall–Kier alpha value is -0.590. The second-order valence-electron chi connectivity index (χ2n) is 2.92. The molecule has 48 valence electrons. The predicted molar refractivity (Wildman–Crippen MR) is 38.5 cm³/mol. The predicted octanol–water partition coefficient (Wildman–Crippen LogP) is 2.00. The summed E-state index contributed by atoms with van der Waals surface area (Å²) in [5, 5.41) is 0. The second kappa shape index (κ2) is 1.98. The van der Waals surface area contributed by atoms with Crippen molar-refractivity contribution in [2.45, 2.75) is 19.3 Å². The maximum Gasteiger partial charge on any atom is 0.0224 e. The van der Waals surface area contributed by atoms with Gasteiger partial charge in [-0.3, -0.25) is 4.99 Å². The van der Waals surface area contributed by atoms with E-state index in [1.807, 2.05) is 6.20 Å². The van der Waals surface area contributed by atoms with Gasteiger partial charge in [-0.25, -0.2) is 0 Å². The van der Waals surface area contributed by atoms with E-state index in [4.69, 9.17) is 0 Å². The van der Waals surface area contributed by atoms with Crippen LogP contribution in [0.3, 0.4) is 0 Å². The number of nitrogens with zero attached hydrogens (tertiary/aromatic N) is 1. The lowest BCUT2D eigenvalue weighted by Crippen LogP contribution is -2.04. The Bertz CT molecular complexity index is 154. The molecule has 0 amide bonds. The van der Waals surface area contributed by atoms with Crippen molar-refractivity contribution < 1.29 is 0 Å². The van der Waals surface area contributed by atoms with Crippen LogP contribution in [0.1, 0.15) is 19.3 Å². The molecule has 1 aliphatic carbocycles. The number of hydrogen-bond donors (Lipinski definition) is 0. The zero-order valence-corrected chi connectivity index (χ0v) is 5.46. The Morgan fingerprint density at radius 3 is 2.78 bits per heavy atom. The van der Waals surface area contributed by atoms with Crippen LogP contribution >= 0.6 is 0 Å². The van der Waals surface area contributed by atoms with E-state index in [2.05, 4.69) is 17.3 Å². The first-order valence-electron chi connectivity index (χ1n) is 3.65. The van der Waals surface area contributed by atoms with Crippen molar-refractivity contribution >= 4 is 6.21 Å². The topological polar surface area (TPSA) is 12.4 Å². The Labute approximate surface area is 55.5 Å². The highest BCUT2D eigenvalue weighted by Gasteiger charge is 2.29. The van der Waals surface area contributed by atoms with Crippen LogP contribution in [0.4, 0.5) is 0 Å². The zero-order valence-electron chi connectivity index (χ0n) is 5.46. The van der Waals surface area contributed by atoms with Gasteiger partial charge in [0.15, 0.2) is 0 Å². The van der Waals surface area contributed by atoms with Gasteiger partial charge < -0.3 is 0 Å². The minimum absolute atomic E-state index is 0.787. The summed E-state index contributed by atoms with van der Waals surface area (Å²) in [5.41, 5.74) is 0. The third-order valence-electron chi connectivity index (χ3n) is 2.10. The largest absolute Gasteiger partial charge is 0.269 e. The van der Waals surface area contributed by atoms with Crippen molar-refractivity contribution in [2.24, 2.45) is 16.8 Å². The monoisotopic (exact) mass is 121 g/mol. The maximum atomic E-state index is 4.11. The molecule has 1 aliphatic heterocycles. The SMILES string of the molecule is C1=CN=CC(C2CC2)C1. The molecule has 1 heterocycles. The number of rotatable bonds is 1. The smallest absolute Gasteiger partial charge is 0.0224 e. The minimum atomic E-state index is 0.787. The van der Waals surface area contributed by atoms with Crippen molar-refractivity contribution in [2.75, 3.05) is 0 Å². The van der Waals surface area contributed by atoms with Crippen LogP contribution in [0.2, 0.25) is 0 Å². The summed E-state index contributed by atoms with van der Waals surface area (Å²) in [6, 6.07) is 0. The lowest BCUT2D eigenvalue weighted by atomic mass is 10.0. The van der Waals surface area contributed by atoms with Crippen LogP contribution in [-0.4, -0.2) is 6.21 Å². The van der Waals surface area contributed by atoms with E-state index in [0.29, 0.717) is 0 Å². The van der Waals surface area contributed by atoms with E-state index in [1.54, 1.807) is 0 Å². The minimum Gasteiger partial charge on any atom is -0.269 e. The highest BCUT2D eigenvalue weighted by molar-refractivity contribution is 5.63. The molecular weight excluding hydrogens is 110 g/mol. The van der Waals surface area contributed by atoms with Crippen LogP contribution in [0.15, 0.2) is 17.3 Å². The van der Waals surface area contributed by atoms with Crippen molar-refractivity contribution in [3.8, 4) is 0 Å². The molecule has 1 nitrogen and oxygen atoms in total. The van der Waals surface area contributed by atoms with Gasteiger partial charge in [0.1, 0.15) is 0 Å². The summed E-state index contributed by atoms with van der Waals surface area (Å²) in [5.74, 6) is 1.77. The fourth-order valence-electron chi connectivity index (χ4n) is 1.34. The first kappa shape index (κ1) is 5.21. The maximum absolute atomic E-state index is 4.11. The number of aliphatic imine (C=N–C) groups is 1. The first-order valence-corrected chi connectivity index (χ1v) is 3.65. The summed E-state index contributed by atoms with van der Waals surface area (Å²) in [6.07, 6.45) is 10.3. The molecule has 2 rings (SSSR count). The van der Waals surface area contributed by atoms with Crippen LogP contribution < -0.4 is 0 Å². The van der Waals surface area contributed by atoms with Gasteiger partial charge in [0.05, 0.1) is 0 Å². The van der Waals surface area contributed by atoms with E-state index in [0.717, 1.165) is 11.8 Å². The third kappa shape index (κ3) is 1.04. The highest BCUT2D eigenvalue weighted by Crippen LogP contribution is 2.38. The molecule has 0 bridgehead atoms. The summed E-state index contributed by atoms with van der Waals surface area (Å²) >= 11 is 0. The van der Waals surface area contributed by atoms with Gasteiger partial charge in [0, 0.05) is 18.3 Å². The summed E-state index contributed by atoms with van der Waals surface area (Å²) in [4.78, 5) is 4.11. The van der Waals surface area contributed by atoms with Crippen molar-refractivity contribution in [3.05, 3.63) is 12.3 Å². The molecule has 0 aromatic rings. The Morgan fingerprint density at radius 2 is 2.22 bits per heavy atom. The van der Waals surface area contributed by atoms with Gasteiger partial charge in [-0.1, -0.05) is 6.08 Å². The van der Waals surface area contributed by atoms with Gasteiger partial charge in [-0.15, -0.1) is 0 Å². The highest BCUT2D eigenvalue weighted by atomic mass is 14.7. The van der Waals surface area contributed by atoms with Gasteiger partial charge in [0.2, 0.25) is 0 Å². The molecule has 1 unspecified atom stereocenters. The average molecular weight is 121 g/mol. The normalized spacial score (nSPS) is 33.1. The Morgan fingerprint density at radius 1 is 1.33 bits per heavy atom. The molecule has 0 aromatic carbocycles. The fraction of sp³-hybridized carbons (Fsp3) is 0.625. The van der Waals surface area contributed by atoms with Crippen LogP contribution in [0.25, 0.3) is 0 Å². The molecular formula is C8H11N. The molecule has 0 radical (unpaired) electrons. The van der Waals surface area contributed by atoms with Gasteiger partial charge in [0.25, 0.3) is 0 Å². The second-order valence-corrected chi connectivity index (χ2v) is 2.92. The fourth-order valence-corrected chi connectivity index (χ4v) is 1.34. The third-order valence-corrected chi connectivity index (χ3v) is 2.10. The van der Waals surface area contributed by atoms with Crippen LogP contribution in [0, 0.1) is 11.8 Å². The van der Waals surface area contributed by atoms with E-state index < -0.39 is 0 Å². The molecule has 1 heteroatoms. The molecule has 0 N–H and O–H groups in total. The Kier molecular flexibility index (Phi) is 1.15. The van der Waals surface area contributed by atoms with Gasteiger partial charge in [-0.2, -0.15) is 0 Å². The van der Waals surface area contributed by atoms with E-state index >= 15 is 0 Å². The van der Waals surface area contributed by atoms with E-state index in [-0.39, 0.29) is 0 Å². The van der Waals surface area contributed by atoms with E-state index in [1.165, 1.54) is 19.3 Å². The van der Waals surface area contributed by atoms with Crippen molar-refractivity contribution in [3.63, 3.8) is 0 Å². The standard InChI is InChI=1S/C8H11N/c1-2-8(6-9-5-1)7-3-4-7/h1,5-8H,2-4H2. The molecule has 1 fully saturated rings. The summed E-state index contributed by atoms with van der Waals surface area (Å²) in [7, 11) is 0. The van der Waals surface area contributed by atoms with Gasteiger partial charge in [-0.05, 0) is 25.2 Å². The molecule has 2 aliphatic rings. The molecule has 0 aromatic heterocycles. The lowest BCUT2D eigenvalue weighted by Gasteiger charge is -2.08. The van der Waals surface area contributed by atoms with Crippen molar-refractivity contribution in [1.29, 1.82) is 0 Å². The summed E-state index contributed by atoms with van der Waals surface area (Å²) in [6.45, 7) is 0. The first-order chi connectivity index (χ1) is 4.47. The number of allylic oxidation sites excluding steroid dienone is 1. The molecule has 9 heavy (non-hydrogen) atoms. The number of hydrogen-bond acceptors (Lipinski definition) is 1. The lowest BCUT2D eigenvalue weighted by molar-refractivity contribution is 0.619. The quantitative estimate of drug-likeness (QED) is 0.503. The Balaban J connectivity index is 1.98. The van der Waals surface area contributed by atoms with Gasteiger partial charge >= 0.3 is 0 Å². The molecule has 0 saturated heterocycles. The summed E-state index contributed by atoms with van der Waals surface area (Å²) < 4.78 is 0. The van der Waals surface area contributed by atoms with Crippen molar-refractivity contribution in [1.82, 2.24) is 0 Å². The molecule has 0 spiro atoms. The van der Waals surface area contributed by atoms with Crippen LogP contribution in [-0.2, 0) is 0 Å². The molecule has 1 saturated carbocycles.